The number of hydrogen-bond acceptors (Lipinski definition) is 4. The Labute approximate surface area is 215 Å². The van der Waals surface area contributed by atoms with Crippen LogP contribution in [0.25, 0.3) is 16.9 Å². The second kappa shape index (κ2) is 11.1. The zero-order chi connectivity index (χ0) is 25.7. The second-order valence-electron chi connectivity index (χ2n) is 8.44. The molecule has 0 bridgehead atoms. The summed E-state index contributed by atoms with van der Waals surface area (Å²) < 4.78 is 7.06. The Morgan fingerprint density at radius 1 is 1.00 bits per heavy atom. The van der Waals surface area contributed by atoms with Crippen LogP contribution in [0.15, 0.2) is 85.1 Å². The van der Waals surface area contributed by atoms with E-state index in [-0.39, 0.29) is 24.4 Å². The van der Waals surface area contributed by atoms with Gasteiger partial charge in [0.15, 0.2) is 0 Å². The summed E-state index contributed by atoms with van der Waals surface area (Å²) in [6, 6.07) is 23.7. The highest BCUT2D eigenvalue weighted by atomic mass is 35.5. The predicted octanol–water partition coefficient (Wildman–Crippen LogP) is 5.69. The van der Waals surface area contributed by atoms with E-state index in [0.717, 1.165) is 17.0 Å². The van der Waals surface area contributed by atoms with Crippen LogP contribution in [-0.2, 0) is 4.79 Å². The van der Waals surface area contributed by atoms with E-state index in [1.807, 2.05) is 79.2 Å². The molecule has 0 spiro atoms. The normalized spacial score (nSPS) is 10.8. The molecule has 7 nitrogen and oxygen atoms in total. The first-order valence-corrected chi connectivity index (χ1v) is 11.9. The lowest BCUT2D eigenvalue weighted by Crippen LogP contribution is -2.42. The summed E-state index contributed by atoms with van der Waals surface area (Å²) in [7, 11) is 1.61. The zero-order valence-electron chi connectivity index (χ0n) is 20.3. The smallest absolute Gasteiger partial charge is 0.256 e. The third-order valence-electron chi connectivity index (χ3n) is 5.68. The Bertz CT molecular complexity index is 1350. The van der Waals surface area contributed by atoms with Crippen LogP contribution in [0.1, 0.15) is 24.2 Å². The lowest BCUT2D eigenvalue weighted by Gasteiger charge is -2.26. The van der Waals surface area contributed by atoms with Crippen LogP contribution in [0, 0.1) is 0 Å². The summed E-state index contributed by atoms with van der Waals surface area (Å²) in [5, 5.41) is 3.23. The Balaban J connectivity index is 1.61. The van der Waals surface area contributed by atoms with E-state index in [0.29, 0.717) is 22.2 Å². The average molecular weight is 503 g/mol. The quantitative estimate of drug-likeness (QED) is 0.336. The molecule has 0 aliphatic heterocycles. The molecule has 0 aliphatic rings. The molecule has 1 aromatic heterocycles. The van der Waals surface area contributed by atoms with Gasteiger partial charge in [-0.25, -0.2) is 4.98 Å². The first-order chi connectivity index (χ1) is 17.4. The number of amides is 2. The summed E-state index contributed by atoms with van der Waals surface area (Å²) in [6.45, 7) is 3.56. The molecule has 0 unspecified atom stereocenters. The third kappa shape index (κ3) is 5.58. The van der Waals surface area contributed by atoms with Crippen molar-refractivity contribution in [2.45, 2.75) is 19.9 Å². The minimum atomic E-state index is -0.367. The van der Waals surface area contributed by atoms with Gasteiger partial charge in [0.1, 0.15) is 12.3 Å². The van der Waals surface area contributed by atoms with Crippen molar-refractivity contribution in [2.75, 3.05) is 19.0 Å². The molecular formula is C28H27ClN4O3. The lowest BCUT2D eigenvalue weighted by atomic mass is 10.1. The van der Waals surface area contributed by atoms with Crippen molar-refractivity contribution in [3.63, 3.8) is 0 Å². The third-order valence-corrected chi connectivity index (χ3v) is 6.01. The van der Waals surface area contributed by atoms with Crippen molar-refractivity contribution < 1.29 is 14.3 Å². The predicted molar refractivity (Wildman–Crippen MR) is 142 cm³/mol. The van der Waals surface area contributed by atoms with Gasteiger partial charge in [0.05, 0.1) is 23.4 Å². The van der Waals surface area contributed by atoms with Crippen molar-refractivity contribution in [1.82, 2.24) is 14.5 Å². The fraction of sp³-hybridized carbons (Fsp3) is 0.179. The van der Waals surface area contributed by atoms with Crippen molar-refractivity contribution in [3.05, 3.63) is 95.6 Å². The van der Waals surface area contributed by atoms with Crippen molar-refractivity contribution in [2.24, 2.45) is 0 Å². The van der Waals surface area contributed by atoms with Crippen molar-refractivity contribution >= 4 is 29.4 Å². The standard InChI is InChI=1S/C28H27ClN4O3/c1-19(2)32(27(35)23-11-7-8-12-24(23)29)18-26(34)31-28-30-25(20-13-15-22(36-3)16-14-20)17-33(28)21-9-5-4-6-10-21/h4-17,19H,18H2,1-3H3,(H,30,31,34). The van der Waals surface area contributed by atoms with Crippen LogP contribution in [0.2, 0.25) is 5.02 Å². The van der Waals surface area contributed by atoms with Gasteiger partial charge in [0.25, 0.3) is 5.91 Å². The number of anilines is 1. The molecule has 4 aromatic rings. The van der Waals surface area contributed by atoms with Gasteiger partial charge in [-0.15, -0.1) is 0 Å². The van der Waals surface area contributed by atoms with Crippen LogP contribution < -0.4 is 10.1 Å². The van der Waals surface area contributed by atoms with E-state index in [9.17, 15) is 9.59 Å². The molecule has 0 atom stereocenters. The highest BCUT2D eigenvalue weighted by molar-refractivity contribution is 6.33. The molecule has 1 N–H and O–H groups in total. The van der Waals surface area contributed by atoms with E-state index in [1.165, 1.54) is 4.90 Å². The molecule has 8 heteroatoms. The van der Waals surface area contributed by atoms with E-state index < -0.39 is 0 Å². The van der Waals surface area contributed by atoms with Crippen molar-refractivity contribution in [1.29, 1.82) is 0 Å². The number of nitrogens with one attached hydrogen (secondary N) is 1. The molecule has 1 heterocycles. The minimum Gasteiger partial charge on any atom is -0.497 e. The molecule has 0 fully saturated rings. The highest BCUT2D eigenvalue weighted by Gasteiger charge is 2.24. The molecule has 0 radical (unpaired) electrons. The van der Waals surface area contributed by atoms with Gasteiger partial charge in [-0.2, -0.15) is 0 Å². The molecule has 2 amide bonds. The number of aromatic nitrogens is 2. The van der Waals surface area contributed by atoms with Gasteiger partial charge in [-0.05, 0) is 62.4 Å². The number of carbonyl (C=O) groups is 2. The molecule has 0 saturated heterocycles. The summed E-state index contributed by atoms with van der Waals surface area (Å²) in [6.07, 6.45) is 1.86. The molecule has 0 aliphatic carbocycles. The fourth-order valence-corrected chi connectivity index (χ4v) is 3.97. The number of ether oxygens (including phenoxy) is 1. The van der Waals surface area contributed by atoms with Crippen LogP contribution in [-0.4, -0.2) is 46.0 Å². The number of nitrogens with zero attached hydrogens (tertiary/aromatic N) is 3. The molecule has 4 rings (SSSR count). The zero-order valence-corrected chi connectivity index (χ0v) is 21.1. The first kappa shape index (κ1) is 25.0. The maximum Gasteiger partial charge on any atom is 0.256 e. The summed E-state index contributed by atoms with van der Waals surface area (Å²) in [5.74, 6) is 0.418. The molecule has 0 saturated carbocycles. The Hall–Kier alpha value is -4.10. The fourth-order valence-electron chi connectivity index (χ4n) is 3.75. The number of methoxy groups -OCH3 is 1. The lowest BCUT2D eigenvalue weighted by molar-refractivity contribution is -0.117. The number of para-hydroxylation sites is 1. The molecule has 3 aromatic carbocycles. The number of carbonyl (C=O) groups excluding carboxylic acids is 2. The van der Waals surface area contributed by atoms with Gasteiger partial charge in [-0.1, -0.05) is 41.9 Å². The van der Waals surface area contributed by atoms with Crippen LogP contribution in [0.5, 0.6) is 5.75 Å². The number of rotatable bonds is 8. The van der Waals surface area contributed by atoms with E-state index in [2.05, 4.69) is 10.3 Å². The number of halogens is 1. The topological polar surface area (TPSA) is 76.5 Å². The number of imidazole rings is 1. The van der Waals surface area contributed by atoms with E-state index in [1.54, 1.807) is 31.4 Å². The van der Waals surface area contributed by atoms with E-state index in [4.69, 9.17) is 16.3 Å². The van der Waals surface area contributed by atoms with Crippen LogP contribution in [0.4, 0.5) is 5.95 Å². The second-order valence-corrected chi connectivity index (χ2v) is 8.85. The maximum absolute atomic E-state index is 13.2. The monoisotopic (exact) mass is 502 g/mol. The number of benzene rings is 3. The Kier molecular flexibility index (Phi) is 7.71. The van der Waals surface area contributed by atoms with Crippen LogP contribution >= 0.6 is 11.6 Å². The summed E-state index contributed by atoms with van der Waals surface area (Å²) >= 11 is 6.23. The van der Waals surface area contributed by atoms with Gasteiger partial charge < -0.3 is 9.64 Å². The highest BCUT2D eigenvalue weighted by Crippen LogP contribution is 2.26. The first-order valence-electron chi connectivity index (χ1n) is 11.5. The molecule has 184 valence electrons. The number of hydrogen-bond donors (Lipinski definition) is 1. The SMILES string of the molecule is COc1ccc(-c2cn(-c3ccccc3)c(NC(=O)CN(C(=O)c3ccccc3Cl)C(C)C)n2)cc1. The van der Waals surface area contributed by atoms with Gasteiger partial charge in [0.2, 0.25) is 11.9 Å². The largest absolute Gasteiger partial charge is 0.497 e. The van der Waals surface area contributed by atoms with Gasteiger partial charge >= 0.3 is 0 Å². The van der Waals surface area contributed by atoms with Crippen LogP contribution in [0.3, 0.4) is 0 Å². The average Bonchev–Trinajstić information content (AvgIpc) is 3.31. The Morgan fingerprint density at radius 2 is 1.67 bits per heavy atom. The maximum atomic E-state index is 13.2. The van der Waals surface area contributed by atoms with Gasteiger partial charge in [-0.3, -0.25) is 19.5 Å². The summed E-state index contributed by atoms with van der Waals surface area (Å²) in [4.78, 5) is 32.5. The minimum absolute atomic E-state index is 0.152. The van der Waals surface area contributed by atoms with Gasteiger partial charge in [0, 0.05) is 23.5 Å². The molecule has 36 heavy (non-hydrogen) atoms. The summed E-state index contributed by atoms with van der Waals surface area (Å²) in [5.41, 5.74) is 2.75. The van der Waals surface area contributed by atoms with E-state index >= 15 is 0 Å². The van der Waals surface area contributed by atoms with Crippen molar-refractivity contribution in [3.8, 4) is 22.7 Å². The molecular weight excluding hydrogens is 476 g/mol. The Morgan fingerprint density at radius 3 is 2.31 bits per heavy atom.